The van der Waals surface area contributed by atoms with E-state index in [0.717, 1.165) is 36.4 Å². The van der Waals surface area contributed by atoms with Crippen molar-refractivity contribution < 1.29 is 4.42 Å². The first-order chi connectivity index (χ1) is 8.15. The molecule has 2 N–H and O–H groups in total. The number of nitrogens with zero attached hydrogens (tertiary/aromatic N) is 2. The van der Waals surface area contributed by atoms with Gasteiger partial charge in [0, 0.05) is 17.7 Å². The van der Waals surface area contributed by atoms with Gasteiger partial charge in [0.15, 0.2) is 17.1 Å². The van der Waals surface area contributed by atoms with Gasteiger partial charge in [-0.2, -0.15) is 4.98 Å². The standard InChI is InChI=1S/C13H17N3O/c1-9-4-5-10-12(15-9)16-11(17-10)8-13(14)6-2-3-7-13/h4-5H,2-3,6-8,14H2,1H3. The van der Waals surface area contributed by atoms with Crippen LogP contribution in [0, 0.1) is 6.92 Å². The van der Waals surface area contributed by atoms with Gasteiger partial charge >= 0.3 is 0 Å². The van der Waals surface area contributed by atoms with Crippen LogP contribution in [0.4, 0.5) is 0 Å². The number of rotatable bonds is 2. The SMILES string of the molecule is Cc1ccc2oc(CC3(N)CCCC3)nc2n1. The van der Waals surface area contributed by atoms with Crippen molar-refractivity contribution in [1.29, 1.82) is 0 Å². The topological polar surface area (TPSA) is 64.9 Å². The molecule has 0 aromatic carbocycles. The van der Waals surface area contributed by atoms with Gasteiger partial charge < -0.3 is 10.2 Å². The normalized spacial score (nSPS) is 18.9. The van der Waals surface area contributed by atoms with Crippen LogP contribution >= 0.6 is 0 Å². The van der Waals surface area contributed by atoms with Gasteiger partial charge in [0.05, 0.1) is 0 Å². The molecule has 0 bridgehead atoms. The molecule has 1 aliphatic carbocycles. The van der Waals surface area contributed by atoms with Crippen LogP contribution in [-0.4, -0.2) is 15.5 Å². The first-order valence-corrected chi connectivity index (χ1v) is 6.17. The molecule has 90 valence electrons. The lowest BCUT2D eigenvalue weighted by Gasteiger charge is -2.20. The van der Waals surface area contributed by atoms with Gasteiger partial charge in [0.25, 0.3) is 0 Å². The predicted octanol–water partition coefficient (Wildman–Crippen LogP) is 2.35. The molecule has 0 amide bonds. The molecule has 3 rings (SSSR count). The van der Waals surface area contributed by atoms with E-state index in [1.807, 2.05) is 19.1 Å². The summed E-state index contributed by atoms with van der Waals surface area (Å²) in [5.41, 5.74) is 8.62. The van der Waals surface area contributed by atoms with Crippen LogP contribution in [0.5, 0.6) is 0 Å². The van der Waals surface area contributed by atoms with Crippen LogP contribution < -0.4 is 5.73 Å². The fourth-order valence-electron chi connectivity index (χ4n) is 2.59. The molecule has 4 nitrogen and oxygen atoms in total. The van der Waals surface area contributed by atoms with Crippen molar-refractivity contribution in [3.05, 3.63) is 23.7 Å². The molecule has 2 heterocycles. The van der Waals surface area contributed by atoms with Crippen LogP contribution in [0.2, 0.25) is 0 Å². The number of hydrogen-bond donors (Lipinski definition) is 1. The van der Waals surface area contributed by atoms with Gasteiger partial charge in [-0.3, -0.25) is 0 Å². The average molecular weight is 231 g/mol. The highest BCUT2D eigenvalue weighted by Gasteiger charge is 2.31. The summed E-state index contributed by atoms with van der Waals surface area (Å²) < 4.78 is 5.70. The minimum Gasteiger partial charge on any atom is -0.439 e. The highest BCUT2D eigenvalue weighted by molar-refractivity contribution is 5.67. The summed E-state index contributed by atoms with van der Waals surface area (Å²) in [6, 6.07) is 3.86. The Labute approximate surface area is 100 Å². The zero-order chi connectivity index (χ0) is 11.9. The largest absolute Gasteiger partial charge is 0.439 e. The lowest BCUT2D eigenvalue weighted by atomic mass is 9.95. The Balaban J connectivity index is 1.90. The lowest BCUT2D eigenvalue weighted by molar-refractivity contribution is 0.385. The summed E-state index contributed by atoms with van der Waals surface area (Å²) >= 11 is 0. The number of aryl methyl sites for hydroxylation is 1. The highest BCUT2D eigenvalue weighted by atomic mass is 16.3. The average Bonchev–Trinajstić information content (AvgIpc) is 2.84. The monoisotopic (exact) mass is 231 g/mol. The van der Waals surface area contributed by atoms with E-state index in [9.17, 15) is 0 Å². The van der Waals surface area contributed by atoms with Gasteiger partial charge in [-0.25, -0.2) is 4.98 Å². The van der Waals surface area contributed by atoms with E-state index in [0.29, 0.717) is 5.65 Å². The Kier molecular flexibility index (Phi) is 2.40. The van der Waals surface area contributed by atoms with Crippen molar-refractivity contribution in [2.75, 3.05) is 0 Å². The maximum atomic E-state index is 6.32. The van der Waals surface area contributed by atoms with E-state index in [-0.39, 0.29) is 5.54 Å². The molecule has 2 aromatic heterocycles. The third-order valence-corrected chi connectivity index (χ3v) is 3.54. The van der Waals surface area contributed by atoms with E-state index in [2.05, 4.69) is 9.97 Å². The first-order valence-electron chi connectivity index (χ1n) is 6.17. The second-order valence-corrected chi connectivity index (χ2v) is 5.13. The minimum atomic E-state index is -0.115. The molecular formula is C13H17N3O. The Morgan fingerprint density at radius 3 is 2.82 bits per heavy atom. The summed E-state index contributed by atoms with van der Waals surface area (Å²) in [4.78, 5) is 8.77. The number of hydrogen-bond acceptors (Lipinski definition) is 4. The van der Waals surface area contributed by atoms with Gasteiger partial charge in [-0.1, -0.05) is 12.8 Å². The predicted molar refractivity (Wildman–Crippen MR) is 65.6 cm³/mol. The van der Waals surface area contributed by atoms with Gasteiger partial charge in [0.1, 0.15) is 0 Å². The Morgan fingerprint density at radius 1 is 1.29 bits per heavy atom. The van der Waals surface area contributed by atoms with E-state index in [1.165, 1.54) is 12.8 Å². The third-order valence-electron chi connectivity index (χ3n) is 3.54. The molecule has 0 spiro atoms. The van der Waals surface area contributed by atoms with Crippen molar-refractivity contribution in [3.8, 4) is 0 Å². The van der Waals surface area contributed by atoms with Gasteiger partial charge in [-0.05, 0) is 31.9 Å². The zero-order valence-corrected chi connectivity index (χ0v) is 10.1. The fraction of sp³-hybridized carbons (Fsp3) is 0.538. The van der Waals surface area contributed by atoms with Crippen molar-refractivity contribution in [3.63, 3.8) is 0 Å². The summed E-state index contributed by atoms with van der Waals surface area (Å²) in [5, 5.41) is 0. The first kappa shape index (κ1) is 10.7. The molecule has 0 unspecified atom stereocenters. The molecule has 2 aromatic rings. The van der Waals surface area contributed by atoms with E-state index in [1.54, 1.807) is 0 Å². The lowest BCUT2D eigenvalue weighted by Crippen LogP contribution is -2.38. The van der Waals surface area contributed by atoms with Crippen molar-refractivity contribution in [1.82, 2.24) is 9.97 Å². The van der Waals surface area contributed by atoms with Crippen molar-refractivity contribution in [2.24, 2.45) is 5.73 Å². The van der Waals surface area contributed by atoms with Crippen LogP contribution in [0.3, 0.4) is 0 Å². The van der Waals surface area contributed by atoms with Crippen LogP contribution in [0.15, 0.2) is 16.5 Å². The Morgan fingerprint density at radius 2 is 2.06 bits per heavy atom. The second-order valence-electron chi connectivity index (χ2n) is 5.13. The van der Waals surface area contributed by atoms with Gasteiger partial charge in [-0.15, -0.1) is 0 Å². The number of pyridine rings is 1. The number of oxazole rings is 1. The second kappa shape index (κ2) is 3.81. The van der Waals surface area contributed by atoms with E-state index in [4.69, 9.17) is 10.2 Å². The Bertz CT molecular complexity index is 541. The molecule has 1 fully saturated rings. The molecule has 1 saturated carbocycles. The molecule has 1 aliphatic rings. The van der Waals surface area contributed by atoms with E-state index >= 15 is 0 Å². The number of aromatic nitrogens is 2. The smallest absolute Gasteiger partial charge is 0.199 e. The molecule has 0 aliphatic heterocycles. The maximum absolute atomic E-state index is 6.32. The molecule has 0 saturated heterocycles. The summed E-state index contributed by atoms with van der Waals surface area (Å²) in [7, 11) is 0. The van der Waals surface area contributed by atoms with Gasteiger partial charge in [0.2, 0.25) is 0 Å². The van der Waals surface area contributed by atoms with E-state index < -0.39 is 0 Å². The van der Waals surface area contributed by atoms with Crippen molar-refractivity contribution in [2.45, 2.75) is 44.6 Å². The molecule has 0 radical (unpaired) electrons. The van der Waals surface area contributed by atoms with Crippen LogP contribution in [-0.2, 0) is 6.42 Å². The molecule has 17 heavy (non-hydrogen) atoms. The zero-order valence-electron chi connectivity index (χ0n) is 10.1. The number of nitrogens with two attached hydrogens (primary N) is 1. The van der Waals surface area contributed by atoms with Crippen molar-refractivity contribution >= 4 is 11.2 Å². The highest BCUT2D eigenvalue weighted by Crippen LogP contribution is 2.30. The Hall–Kier alpha value is -1.42. The third kappa shape index (κ3) is 2.05. The minimum absolute atomic E-state index is 0.115. The van der Waals surface area contributed by atoms with Crippen LogP contribution in [0.1, 0.15) is 37.3 Å². The quantitative estimate of drug-likeness (QED) is 0.861. The summed E-state index contributed by atoms with van der Waals surface area (Å²) in [5.74, 6) is 0.725. The summed E-state index contributed by atoms with van der Waals surface area (Å²) in [6.07, 6.45) is 5.29. The molecule has 4 heteroatoms. The van der Waals surface area contributed by atoms with Crippen LogP contribution in [0.25, 0.3) is 11.2 Å². The molecular weight excluding hydrogens is 214 g/mol. The summed E-state index contributed by atoms with van der Waals surface area (Å²) in [6.45, 7) is 1.95. The maximum Gasteiger partial charge on any atom is 0.199 e. The number of fused-ring (bicyclic) bond motifs is 1. The molecule has 0 atom stereocenters. The fourth-order valence-corrected chi connectivity index (χ4v) is 2.59.